The van der Waals surface area contributed by atoms with E-state index < -0.39 is 0 Å². The number of halogens is 1. The van der Waals surface area contributed by atoms with Crippen LogP contribution in [0.25, 0.3) is 0 Å². The molecule has 0 spiro atoms. The van der Waals surface area contributed by atoms with Gasteiger partial charge in [0.15, 0.2) is 0 Å². The molecule has 1 aliphatic carbocycles. The van der Waals surface area contributed by atoms with Gasteiger partial charge in [-0.25, -0.2) is 0 Å². The number of hydrogen-bond donors (Lipinski definition) is 2. The summed E-state index contributed by atoms with van der Waals surface area (Å²) in [7, 11) is 0. The molecule has 1 aliphatic heterocycles. The van der Waals surface area contributed by atoms with Crippen molar-refractivity contribution in [3.05, 3.63) is 63.7 Å². The van der Waals surface area contributed by atoms with E-state index in [2.05, 4.69) is 52.7 Å². The van der Waals surface area contributed by atoms with E-state index in [1.807, 2.05) is 6.07 Å². The maximum atomic E-state index is 6.52. The molecule has 0 saturated heterocycles. The average Bonchev–Trinajstić information content (AvgIpc) is 3.10. The summed E-state index contributed by atoms with van der Waals surface area (Å²) in [6.07, 6.45) is 7.77. The largest absolute Gasteiger partial charge is 0.380 e. The summed E-state index contributed by atoms with van der Waals surface area (Å²) in [4.78, 5) is 0. The number of hydrogen-bond acceptors (Lipinski definition) is 3. The Labute approximate surface area is 172 Å². The molecule has 144 valence electrons. The van der Waals surface area contributed by atoms with Gasteiger partial charge in [0.25, 0.3) is 0 Å². The van der Waals surface area contributed by atoms with Gasteiger partial charge in [0.1, 0.15) is 0 Å². The molecule has 0 amide bonds. The molecule has 2 aromatic rings. The zero-order valence-corrected chi connectivity index (χ0v) is 17.5. The van der Waals surface area contributed by atoms with E-state index in [1.54, 1.807) is 0 Å². The Morgan fingerprint density at radius 3 is 2.52 bits per heavy atom. The van der Waals surface area contributed by atoms with Gasteiger partial charge in [-0.3, -0.25) is 0 Å². The van der Waals surface area contributed by atoms with E-state index in [1.165, 1.54) is 47.9 Å². The van der Waals surface area contributed by atoms with Crippen LogP contribution in [0, 0.1) is 0 Å². The number of thioether (sulfide) groups is 1. The summed E-state index contributed by atoms with van der Waals surface area (Å²) in [5.74, 6) is 1.14. The molecule has 1 saturated carbocycles. The van der Waals surface area contributed by atoms with E-state index in [4.69, 9.17) is 11.6 Å². The van der Waals surface area contributed by atoms with Gasteiger partial charge in [-0.1, -0.05) is 54.8 Å². The van der Waals surface area contributed by atoms with Crippen molar-refractivity contribution < 1.29 is 0 Å². The third kappa shape index (κ3) is 5.01. The first-order valence-electron chi connectivity index (χ1n) is 10.2. The molecular weight excluding hydrogens is 372 g/mol. The Bertz CT molecular complexity index is 754. The number of rotatable bonds is 6. The summed E-state index contributed by atoms with van der Waals surface area (Å²) in [5, 5.41) is 8.82. The maximum absolute atomic E-state index is 6.52. The second-order valence-electron chi connectivity index (χ2n) is 7.70. The van der Waals surface area contributed by atoms with Gasteiger partial charge < -0.3 is 10.6 Å². The Balaban J connectivity index is 1.37. The van der Waals surface area contributed by atoms with Crippen LogP contribution in [0.15, 0.2) is 36.4 Å². The van der Waals surface area contributed by atoms with Crippen molar-refractivity contribution in [2.45, 2.75) is 56.1 Å². The highest BCUT2D eigenvalue weighted by molar-refractivity contribution is 7.99. The van der Waals surface area contributed by atoms with Gasteiger partial charge in [0.2, 0.25) is 0 Å². The van der Waals surface area contributed by atoms with E-state index in [9.17, 15) is 0 Å². The van der Waals surface area contributed by atoms with Gasteiger partial charge in [0, 0.05) is 17.5 Å². The zero-order chi connectivity index (χ0) is 18.5. The molecule has 0 unspecified atom stereocenters. The van der Waals surface area contributed by atoms with Crippen molar-refractivity contribution in [1.29, 1.82) is 0 Å². The lowest BCUT2D eigenvalue weighted by Crippen LogP contribution is -2.16. The van der Waals surface area contributed by atoms with Crippen molar-refractivity contribution in [3.63, 3.8) is 0 Å². The second-order valence-corrected chi connectivity index (χ2v) is 9.39. The quantitative estimate of drug-likeness (QED) is 0.639. The van der Waals surface area contributed by atoms with Crippen molar-refractivity contribution >= 4 is 29.1 Å². The molecule has 4 rings (SSSR count). The molecule has 4 heteroatoms. The number of nitrogens with one attached hydrogen (secondary N) is 2. The lowest BCUT2D eigenvalue weighted by Gasteiger charge is -2.16. The SMILES string of the molecule is Clc1ccc2c(c1NCc1ccc(CSC3CCCC3)cc1)CCNCC2. The molecular formula is C23H29ClN2S. The first kappa shape index (κ1) is 19.2. The summed E-state index contributed by atoms with van der Waals surface area (Å²) in [5.41, 5.74) is 6.68. The number of fused-ring (bicyclic) bond motifs is 1. The standard InChI is InChI=1S/C23H29ClN2S/c24-22-10-9-19-11-13-25-14-12-21(19)23(22)26-15-17-5-7-18(8-6-17)16-27-20-3-1-2-4-20/h5-10,20,25-26H,1-4,11-16H2. The normalized spacial score (nSPS) is 17.5. The molecule has 0 radical (unpaired) electrons. The molecule has 1 fully saturated rings. The fraction of sp³-hybridized carbons (Fsp3) is 0.478. The summed E-state index contributed by atoms with van der Waals surface area (Å²) >= 11 is 8.66. The fourth-order valence-electron chi connectivity index (χ4n) is 4.15. The molecule has 2 nitrogen and oxygen atoms in total. The van der Waals surface area contributed by atoms with Crippen LogP contribution in [0.1, 0.15) is 47.9 Å². The first-order valence-corrected chi connectivity index (χ1v) is 11.7. The first-order chi connectivity index (χ1) is 13.3. The Kier molecular flexibility index (Phi) is 6.64. The fourth-order valence-corrected chi connectivity index (χ4v) is 5.68. The molecule has 0 aromatic heterocycles. The third-order valence-corrected chi connectivity index (χ3v) is 7.52. The molecule has 27 heavy (non-hydrogen) atoms. The molecule has 2 aliphatic rings. The van der Waals surface area contributed by atoms with Gasteiger partial charge in [-0.05, 0) is 67.1 Å². The highest BCUT2D eigenvalue weighted by Crippen LogP contribution is 2.32. The van der Waals surface area contributed by atoms with E-state index in [0.717, 1.165) is 54.2 Å². The Hall–Kier alpha value is -1.16. The summed E-state index contributed by atoms with van der Waals surface area (Å²) < 4.78 is 0. The highest BCUT2D eigenvalue weighted by atomic mass is 35.5. The minimum Gasteiger partial charge on any atom is -0.380 e. The highest BCUT2D eigenvalue weighted by Gasteiger charge is 2.16. The van der Waals surface area contributed by atoms with Crippen LogP contribution in [0.3, 0.4) is 0 Å². The van der Waals surface area contributed by atoms with Crippen LogP contribution in [0.5, 0.6) is 0 Å². The predicted molar refractivity (Wildman–Crippen MR) is 119 cm³/mol. The van der Waals surface area contributed by atoms with Crippen molar-refractivity contribution in [2.75, 3.05) is 18.4 Å². The van der Waals surface area contributed by atoms with E-state index >= 15 is 0 Å². The number of anilines is 1. The molecule has 0 atom stereocenters. The minimum absolute atomic E-state index is 0.819. The van der Waals surface area contributed by atoms with Crippen LogP contribution >= 0.6 is 23.4 Å². The van der Waals surface area contributed by atoms with Crippen LogP contribution in [0.4, 0.5) is 5.69 Å². The molecule has 2 N–H and O–H groups in total. The van der Waals surface area contributed by atoms with E-state index in [0.29, 0.717) is 0 Å². The summed E-state index contributed by atoms with van der Waals surface area (Å²) in [6.45, 7) is 2.89. The molecule has 1 heterocycles. The van der Waals surface area contributed by atoms with Crippen LogP contribution in [-0.2, 0) is 25.1 Å². The van der Waals surface area contributed by atoms with Crippen molar-refractivity contribution in [3.8, 4) is 0 Å². The van der Waals surface area contributed by atoms with E-state index in [-0.39, 0.29) is 0 Å². The van der Waals surface area contributed by atoms with Crippen LogP contribution in [0.2, 0.25) is 5.02 Å². The van der Waals surface area contributed by atoms with Gasteiger partial charge >= 0.3 is 0 Å². The van der Waals surface area contributed by atoms with Crippen LogP contribution in [-0.4, -0.2) is 18.3 Å². The lowest BCUT2D eigenvalue weighted by molar-refractivity contribution is 0.711. The topological polar surface area (TPSA) is 24.1 Å². The zero-order valence-electron chi connectivity index (χ0n) is 15.9. The second kappa shape index (κ2) is 9.36. The van der Waals surface area contributed by atoms with Crippen molar-refractivity contribution in [1.82, 2.24) is 5.32 Å². The van der Waals surface area contributed by atoms with Gasteiger partial charge in [-0.2, -0.15) is 11.8 Å². The Morgan fingerprint density at radius 2 is 1.70 bits per heavy atom. The Morgan fingerprint density at radius 1 is 0.963 bits per heavy atom. The van der Waals surface area contributed by atoms with Crippen molar-refractivity contribution in [2.24, 2.45) is 0 Å². The lowest BCUT2D eigenvalue weighted by atomic mass is 10.0. The average molecular weight is 401 g/mol. The minimum atomic E-state index is 0.819. The number of benzene rings is 2. The third-order valence-electron chi connectivity index (χ3n) is 5.76. The molecule has 0 bridgehead atoms. The summed E-state index contributed by atoms with van der Waals surface area (Å²) in [6, 6.07) is 13.3. The van der Waals surface area contributed by atoms with Crippen LogP contribution < -0.4 is 10.6 Å². The monoisotopic (exact) mass is 400 g/mol. The maximum Gasteiger partial charge on any atom is 0.0640 e. The van der Waals surface area contributed by atoms with Gasteiger partial charge in [0.05, 0.1) is 10.7 Å². The van der Waals surface area contributed by atoms with Gasteiger partial charge in [-0.15, -0.1) is 0 Å². The predicted octanol–water partition coefficient (Wildman–Crippen LogP) is 5.82. The smallest absolute Gasteiger partial charge is 0.0640 e. The molecule has 2 aromatic carbocycles.